The van der Waals surface area contributed by atoms with Gasteiger partial charge in [-0.15, -0.1) is 24.0 Å². The van der Waals surface area contributed by atoms with Crippen molar-refractivity contribution in [3.8, 4) is 11.5 Å². The van der Waals surface area contributed by atoms with Crippen LogP contribution < -0.4 is 20.1 Å². The van der Waals surface area contributed by atoms with Crippen LogP contribution in [0.3, 0.4) is 0 Å². The van der Waals surface area contributed by atoms with E-state index in [0.29, 0.717) is 50.1 Å². The number of benzene rings is 1. The van der Waals surface area contributed by atoms with Gasteiger partial charge in [0.25, 0.3) is 0 Å². The molecule has 156 valence electrons. The van der Waals surface area contributed by atoms with Crippen LogP contribution in [-0.4, -0.2) is 65.3 Å². The molecule has 1 aromatic rings. The SMILES string of the molecule is CCNC(=NCCCN(CC)S(C)(=O)=O)Nc1ccc(OC)c(OC)c1.I. The van der Waals surface area contributed by atoms with Crippen molar-refractivity contribution in [3.05, 3.63) is 18.2 Å². The molecule has 0 aliphatic heterocycles. The second kappa shape index (κ2) is 13.0. The fourth-order valence-corrected chi connectivity index (χ4v) is 3.28. The van der Waals surface area contributed by atoms with Gasteiger partial charge in [0.2, 0.25) is 10.0 Å². The molecule has 0 fully saturated rings. The first-order valence-corrected chi connectivity index (χ1v) is 10.4. The summed E-state index contributed by atoms with van der Waals surface area (Å²) in [6.45, 7) is 5.95. The molecule has 27 heavy (non-hydrogen) atoms. The smallest absolute Gasteiger partial charge is 0.211 e. The van der Waals surface area contributed by atoms with Gasteiger partial charge in [0.05, 0.1) is 20.5 Å². The van der Waals surface area contributed by atoms with Crippen LogP contribution in [0.25, 0.3) is 0 Å². The average Bonchev–Trinajstić information content (AvgIpc) is 2.60. The molecule has 0 bridgehead atoms. The van der Waals surface area contributed by atoms with Crippen molar-refractivity contribution in [2.24, 2.45) is 4.99 Å². The number of ether oxygens (including phenoxy) is 2. The zero-order chi connectivity index (χ0) is 19.6. The van der Waals surface area contributed by atoms with Crippen molar-refractivity contribution in [1.82, 2.24) is 9.62 Å². The summed E-state index contributed by atoms with van der Waals surface area (Å²) in [6.07, 6.45) is 1.87. The van der Waals surface area contributed by atoms with E-state index in [1.807, 2.05) is 32.0 Å². The third-order valence-electron chi connectivity index (χ3n) is 3.65. The minimum Gasteiger partial charge on any atom is -0.493 e. The van der Waals surface area contributed by atoms with Gasteiger partial charge in [-0.05, 0) is 25.5 Å². The van der Waals surface area contributed by atoms with Gasteiger partial charge in [-0.1, -0.05) is 6.92 Å². The first-order valence-electron chi connectivity index (χ1n) is 8.58. The van der Waals surface area contributed by atoms with E-state index in [1.54, 1.807) is 14.2 Å². The van der Waals surface area contributed by atoms with E-state index in [0.717, 1.165) is 5.69 Å². The quantitative estimate of drug-likeness (QED) is 0.216. The lowest BCUT2D eigenvalue weighted by Crippen LogP contribution is -2.32. The molecule has 0 saturated heterocycles. The van der Waals surface area contributed by atoms with Gasteiger partial charge < -0.3 is 20.1 Å². The summed E-state index contributed by atoms with van der Waals surface area (Å²) in [5, 5.41) is 6.37. The Labute approximate surface area is 179 Å². The molecule has 0 heterocycles. The van der Waals surface area contributed by atoms with Crippen LogP contribution in [0.15, 0.2) is 23.2 Å². The minimum absolute atomic E-state index is 0. The molecule has 0 aliphatic carbocycles. The zero-order valence-corrected chi connectivity index (χ0v) is 19.8. The van der Waals surface area contributed by atoms with Crippen molar-refractivity contribution < 1.29 is 17.9 Å². The number of nitrogens with one attached hydrogen (secondary N) is 2. The maximum atomic E-state index is 11.6. The normalized spacial score (nSPS) is 11.7. The Morgan fingerprint density at radius 3 is 2.37 bits per heavy atom. The van der Waals surface area contributed by atoms with Gasteiger partial charge in [-0.2, -0.15) is 0 Å². The molecule has 0 saturated carbocycles. The van der Waals surface area contributed by atoms with Crippen LogP contribution in [0.5, 0.6) is 11.5 Å². The molecule has 0 aliphatic rings. The van der Waals surface area contributed by atoms with E-state index in [2.05, 4.69) is 15.6 Å². The molecule has 0 atom stereocenters. The molecule has 1 rings (SSSR count). The highest BCUT2D eigenvalue weighted by Crippen LogP contribution is 2.29. The van der Waals surface area contributed by atoms with Gasteiger partial charge in [0.15, 0.2) is 17.5 Å². The lowest BCUT2D eigenvalue weighted by molar-refractivity contribution is 0.355. The van der Waals surface area contributed by atoms with Crippen molar-refractivity contribution in [3.63, 3.8) is 0 Å². The van der Waals surface area contributed by atoms with Crippen LogP contribution in [0, 0.1) is 0 Å². The maximum Gasteiger partial charge on any atom is 0.211 e. The first-order chi connectivity index (χ1) is 12.3. The van der Waals surface area contributed by atoms with E-state index in [1.165, 1.54) is 10.6 Å². The number of hydrogen-bond donors (Lipinski definition) is 2. The standard InChI is InChI=1S/C17H30N4O4S.HI/c1-6-18-17(19-11-8-12-21(7-2)26(5,22)23)20-14-9-10-15(24-3)16(13-14)25-4;/h9-10,13H,6-8,11-12H2,1-5H3,(H2,18,19,20);1H. The Kier molecular flexibility index (Phi) is 12.4. The fourth-order valence-electron chi connectivity index (χ4n) is 2.35. The number of hydrogen-bond acceptors (Lipinski definition) is 5. The molecule has 8 nitrogen and oxygen atoms in total. The largest absolute Gasteiger partial charge is 0.493 e. The Hall–Kier alpha value is -1.27. The van der Waals surface area contributed by atoms with E-state index in [9.17, 15) is 8.42 Å². The predicted molar refractivity (Wildman–Crippen MR) is 121 cm³/mol. The maximum absolute atomic E-state index is 11.6. The summed E-state index contributed by atoms with van der Waals surface area (Å²) in [4.78, 5) is 4.50. The molecule has 2 N–H and O–H groups in total. The summed E-state index contributed by atoms with van der Waals surface area (Å²) < 4.78 is 35.2. The highest BCUT2D eigenvalue weighted by Gasteiger charge is 2.13. The van der Waals surface area contributed by atoms with Crippen molar-refractivity contribution in [1.29, 1.82) is 0 Å². The van der Waals surface area contributed by atoms with Crippen LogP contribution in [-0.2, 0) is 10.0 Å². The zero-order valence-electron chi connectivity index (χ0n) is 16.6. The van der Waals surface area contributed by atoms with E-state index in [-0.39, 0.29) is 24.0 Å². The van der Waals surface area contributed by atoms with Gasteiger partial charge in [0, 0.05) is 37.9 Å². The highest BCUT2D eigenvalue weighted by molar-refractivity contribution is 14.0. The topological polar surface area (TPSA) is 92.3 Å². The van der Waals surface area contributed by atoms with Crippen LogP contribution >= 0.6 is 24.0 Å². The average molecular weight is 514 g/mol. The molecule has 1 aromatic carbocycles. The molecule has 10 heteroatoms. The molecular weight excluding hydrogens is 483 g/mol. The van der Waals surface area contributed by atoms with E-state index < -0.39 is 10.0 Å². The molecule has 0 aromatic heterocycles. The first kappa shape index (κ1) is 25.7. The highest BCUT2D eigenvalue weighted by atomic mass is 127. The number of sulfonamides is 1. The monoisotopic (exact) mass is 514 g/mol. The second-order valence-electron chi connectivity index (χ2n) is 5.56. The predicted octanol–water partition coefficient (Wildman–Crippen LogP) is 2.37. The number of guanidine groups is 1. The van der Waals surface area contributed by atoms with Gasteiger partial charge in [-0.3, -0.25) is 4.99 Å². The van der Waals surface area contributed by atoms with Crippen molar-refractivity contribution >= 4 is 45.6 Å². The summed E-state index contributed by atoms with van der Waals surface area (Å²) >= 11 is 0. The molecule has 0 spiro atoms. The Balaban J connectivity index is 0.00000676. The number of methoxy groups -OCH3 is 2. The third kappa shape index (κ3) is 8.98. The third-order valence-corrected chi connectivity index (χ3v) is 5.03. The second-order valence-corrected chi connectivity index (χ2v) is 7.55. The number of aliphatic imine (C=N–C) groups is 1. The Bertz CT molecular complexity index is 698. The van der Waals surface area contributed by atoms with E-state index in [4.69, 9.17) is 9.47 Å². The lowest BCUT2D eigenvalue weighted by Gasteiger charge is -2.17. The Morgan fingerprint density at radius 1 is 1.19 bits per heavy atom. The van der Waals surface area contributed by atoms with Crippen LogP contribution in [0.1, 0.15) is 20.3 Å². The molecule has 0 unspecified atom stereocenters. The van der Waals surface area contributed by atoms with E-state index >= 15 is 0 Å². The van der Waals surface area contributed by atoms with Crippen LogP contribution in [0.2, 0.25) is 0 Å². The fraction of sp³-hybridized carbons (Fsp3) is 0.588. The summed E-state index contributed by atoms with van der Waals surface area (Å²) in [5.74, 6) is 1.91. The minimum atomic E-state index is -3.16. The number of rotatable bonds is 10. The summed E-state index contributed by atoms with van der Waals surface area (Å²) in [5.41, 5.74) is 0.814. The number of anilines is 1. The lowest BCUT2D eigenvalue weighted by atomic mass is 10.3. The van der Waals surface area contributed by atoms with Gasteiger partial charge >= 0.3 is 0 Å². The molecule has 0 radical (unpaired) electrons. The van der Waals surface area contributed by atoms with Crippen molar-refractivity contribution in [2.75, 3.05) is 52.0 Å². The van der Waals surface area contributed by atoms with Gasteiger partial charge in [-0.25, -0.2) is 12.7 Å². The summed E-state index contributed by atoms with van der Waals surface area (Å²) in [6, 6.07) is 5.51. The van der Waals surface area contributed by atoms with Crippen LogP contribution in [0.4, 0.5) is 5.69 Å². The van der Waals surface area contributed by atoms with Crippen molar-refractivity contribution in [2.45, 2.75) is 20.3 Å². The number of halogens is 1. The number of nitrogens with zero attached hydrogens (tertiary/aromatic N) is 2. The van der Waals surface area contributed by atoms with Gasteiger partial charge in [0.1, 0.15) is 0 Å². The Morgan fingerprint density at radius 2 is 1.85 bits per heavy atom. The molecule has 0 amide bonds. The summed E-state index contributed by atoms with van der Waals surface area (Å²) in [7, 11) is 0.0144. The molecular formula is C17H31IN4O4S.